The maximum absolute atomic E-state index is 3.69. The average molecular weight is 199 g/mol. The molecule has 0 saturated carbocycles. The first kappa shape index (κ1) is 14.0. The van der Waals surface area contributed by atoms with Crippen LogP contribution >= 0.6 is 0 Å². The molecular formula is C13H29N. The molecule has 1 nitrogen and oxygen atoms in total. The summed E-state index contributed by atoms with van der Waals surface area (Å²) in [7, 11) is 0. The Hall–Kier alpha value is -0.0400. The summed E-state index contributed by atoms with van der Waals surface area (Å²) in [5.41, 5.74) is 0. The average Bonchev–Trinajstić information content (AvgIpc) is 2.22. The van der Waals surface area contributed by atoms with Crippen LogP contribution in [-0.4, -0.2) is 12.6 Å². The van der Waals surface area contributed by atoms with E-state index in [0.29, 0.717) is 0 Å². The predicted molar refractivity (Wildman–Crippen MR) is 65.6 cm³/mol. The fraction of sp³-hybridized carbons (Fsp3) is 1.00. The summed E-state index contributed by atoms with van der Waals surface area (Å²) in [5.74, 6) is 1.69. The lowest BCUT2D eigenvalue weighted by Crippen LogP contribution is -2.33. The van der Waals surface area contributed by atoms with Crippen molar-refractivity contribution in [3.63, 3.8) is 0 Å². The molecule has 1 N–H and O–H groups in total. The summed E-state index contributed by atoms with van der Waals surface area (Å²) in [5, 5.41) is 3.69. The quantitative estimate of drug-likeness (QED) is 0.626. The van der Waals surface area contributed by atoms with Crippen LogP contribution in [0.15, 0.2) is 0 Å². The van der Waals surface area contributed by atoms with Crippen molar-refractivity contribution in [2.75, 3.05) is 6.54 Å². The Morgan fingerprint density at radius 1 is 0.857 bits per heavy atom. The van der Waals surface area contributed by atoms with Gasteiger partial charge in [0.1, 0.15) is 0 Å². The van der Waals surface area contributed by atoms with Gasteiger partial charge in [0, 0.05) is 6.04 Å². The monoisotopic (exact) mass is 199 g/mol. The third kappa shape index (κ3) is 6.42. The van der Waals surface area contributed by atoms with Gasteiger partial charge in [-0.05, 0) is 31.2 Å². The second-order valence-corrected chi connectivity index (χ2v) is 4.78. The molecule has 0 bridgehead atoms. The number of hydrogen-bond acceptors (Lipinski definition) is 1. The van der Waals surface area contributed by atoms with Gasteiger partial charge < -0.3 is 5.32 Å². The molecule has 0 aliphatic carbocycles. The smallest absolute Gasteiger partial charge is 0.00670 e. The van der Waals surface area contributed by atoms with Crippen LogP contribution in [-0.2, 0) is 0 Å². The lowest BCUT2D eigenvalue weighted by Gasteiger charge is -2.22. The van der Waals surface area contributed by atoms with Crippen molar-refractivity contribution in [3.05, 3.63) is 0 Å². The lowest BCUT2D eigenvalue weighted by molar-refractivity contribution is 0.361. The Morgan fingerprint density at radius 2 is 1.43 bits per heavy atom. The van der Waals surface area contributed by atoms with Crippen molar-refractivity contribution < 1.29 is 0 Å². The zero-order valence-corrected chi connectivity index (χ0v) is 10.8. The molecule has 14 heavy (non-hydrogen) atoms. The van der Waals surface area contributed by atoms with Gasteiger partial charge in [-0.25, -0.2) is 0 Å². The van der Waals surface area contributed by atoms with Crippen molar-refractivity contribution >= 4 is 0 Å². The highest BCUT2D eigenvalue weighted by molar-refractivity contribution is 4.69. The largest absolute Gasteiger partial charge is 0.314 e. The lowest BCUT2D eigenvalue weighted by atomic mass is 9.97. The van der Waals surface area contributed by atoms with Crippen LogP contribution < -0.4 is 5.32 Å². The first-order chi connectivity index (χ1) is 6.63. The molecule has 0 aromatic carbocycles. The van der Waals surface area contributed by atoms with Crippen molar-refractivity contribution in [3.8, 4) is 0 Å². The molecular weight excluding hydrogens is 170 g/mol. The Morgan fingerprint density at radius 3 is 1.86 bits per heavy atom. The summed E-state index contributed by atoms with van der Waals surface area (Å²) in [6.07, 6.45) is 5.19. The molecule has 0 heterocycles. The van der Waals surface area contributed by atoms with E-state index in [1.165, 1.54) is 32.2 Å². The van der Waals surface area contributed by atoms with E-state index in [1.807, 2.05) is 0 Å². The second-order valence-electron chi connectivity index (χ2n) is 4.78. The van der Waals surface area contributed by atoms with Gasteiger partial charge >= 0.3 is 0 Å². The second kappa shape index (κ2) is 8.28. The van der Waals surface area contributed by atoms with Crippen molar-refractivity contribution in [1.29, 1.82) is 0 Å². The highest BCUT2D eigenvalue weighted by Gasteiger charge is 2.10. The summed E-state index contributed by atoms with van der Waals surface area (Å²) in [6, 6.07) is 0.735. The topological polar surface area (TPSA) is 12.0 Å². The highest BCUT2D eigenvalue weighted by Crippen LogP contribution is 2.12. The van der Waals surface area contributed by atoms with Gasteiger partial charge in [0.15, 0.2) is 0 Å². The first-order valence-electron chi connectivity index (χ1n) is 6.37. The maximum Gasteiger partial charge on any atom is 0.00670 e. The third-order valence-electron chi connectivity index (χ3n) is 3.33. The molecule has 0 radical (unpaired) electrons. The highest BCUT2D eigenvalue weighted by atomic mass is 14.9. The van der Waals surface area contributed by atoms with E-state index in [1.54, 1.807) is 0 Å². The summed E-state index contributed by atoms with van der Waals surface area (Å²) >= 11 is 0. The van der Waals surface area contributed by atoms with Gasteiger partial charge in [-0.15, -0.1) is 0 Å². The predicted octanol–water partition coefficient (Wildman–Crippen LogP) is 3.84. The molecule has 0 aliphatic rings. The minimum atomic E-state index is 0.735. The van der Waals surface area contributed by atoms with Crippen LogP contribution in [0.5, 0.6) is 0 Å². The fourth-order valence-electron chi connectivity index (χ4n) is 1.56. The van der Waals surface area contributed by atoms with Crippen molar-refractivity contribution in [2.24, 2.45) is 11.8 Å². The van der Waals surface area contributed by atoms with Gasteiger partial charge in [0.05, 0.1) is 0 Å². The minimum absolute atomic E-state index is 0.735. The summed E-state index contributed by atoms with van der Waals surface area (Å²) in [6.45, 7) is 12.7. The first-order valence-corrected chi connectivity index (χ1v) is 6.37. The standard InChI is InChI=1S/C13H29N/c1-6-11(4)9-13(8-3)14-10-12(5)7-2/h11-14H,6-10H2,1-5H3. The molecule has 0 saturated heterocycles. The molecule has 0 amide bonds. The van der Waals surface area contributed by atoms with E-state index in [2.05, 4.69) is 39.9 Å². The van der Waals surface area contributed by atoms with E-state index in [9.17, 15) is 0 Å². The van der Waals surface area contributed by atoms with Crippen LogP contribution in [0.1, 0.15) is 60.3 Å². The molecule has 3 atom stereocenters. The van der Waals surface area contributed by atoms with E-state index in [4.69, 9.17) is 0 Å². The van der Waals surface area contributed by atoms with E-state index in [0.717, 1.165) is 17.9 Å². The molecule has 0 aromatic rings. The normalized spacial score (nSPS) is 17.8. The molecule has 0 aromatic heterocycles. The van der Waals surface area contributed by atoms with Gasteiger partial charge in [0.2, 0.25) is 0 Å². The number of nitrogens with one attached hydrogen (secondary N) is 1. The molecule has 86 valence electrons. The fourth-order valence-corrected chi connectivity index (χ4v) is 1.56. The third-order valence-corrected chi connectivity index (χ3v) is 3.33. The minimum Gasteiger partial charge on any atom is -0.314 e. The zero-order valence-electron chi connectivity index (χ0n) is 10.8. The molecule has 0 aliphatic heterocycles. The van der Waals surface area contributed by atoms with Crippen LogP contribution in [0, 0.1) is 11.8 Å². The number of hydrogen-bond donors (Lipinski definition) is 1. The van der Waals surface area contributed by atoms with Crippen LogP contribution in [0.2, 0.25) is 0 Å². The van der Waals surface area contributed by atoms with Crippen LogP contribution in [0.25, 0.3) is 0 Å². The van der Waals surface area contributed by atoms with Crippen LogP contribution in [0.3, 0.4) is 0 Å². The Balaban J connectivity index is 3.68. The van der Waals surface area contributed by atoms with E-state index >= 15 is 0 Å². The van der Waals surface area contributed by atoms with E-state index in [-0.39, 0.29) is 0 Å². The Kier molecular flexibility index (Phi) is 8.26. The van der Waals surface area contributed by atoms with Crippen molar-refractivity contribution in [2.45, 2.75) is 66.3 Å². The molecule has 0 fully saturated rings. The molecule has 0 rings (SSSR count). The van der Waals surface area contributed by atoms with Gasteiger partial charge in [-0.2, -0.15) is 0 Å². The molecule has 1 heteroatoms. The molecule has 3 unspecified atom stereocenters. The molecule has 0 spiro atoms. The number of rotatable bonds is 8. The van der Waals surface area contributed by atoms with Gasteiger partial charge in [-0.1, -0.05) is 47.5 Å². The SMILES string of the molecule is CCC(C)CNC(CC)CC(C)CC. The van der Waals surface area contributed by atoms with Gasteiger partial charge in [-0.3, -0.25) is 0 Å². The van der Waals surface area contributed by atoms with Crippen molar-refractivity contribution in [1.82, 2.24) is 5.32 Å². The Bertz CT molecular complexity index is 122. The van der Waals surface area contributed by atoms with Crippen LogP contribution in [0.4, 0.5) is 0 Å². The summed E-state index contributed by atoms with van der Waals surface area (Å²) < 4.78 is 0. The van der Waals surface area contributed by atoms with E-state index < -0.39 is 0 Å². The Labute approximate surface area is 90.7 Å². The zero-order chi connectivity index (χ0) is 11.0. The summed E-state index contributed by atoms with van der Waals surface area (Å²) in [4.78, 5) is 0. The maximum atomic E-state index is 3.69. The van der Waals surface area contributed by atoms with Gasteiger partial charge in [0.25, 0.3) is 0 Å².